The van der Waals surface area contributed by atoms with E-state index in [1.165, 1.54) is 12.3 Å². The van der Waals surface area contributed by atoms with Crippen LogP contribution in [0.25, 0.3) is 0 Å². The number of morpholine rings is 1. The number of carbonyl (C=O) groups excluding carboxylic acids is 1. The molecule has 0 atom stereocenters. The third-order valence-electron chi connectivity index (χ3n) is 5.84. The van der Waals surface area contributed by atoms with Crippen LogP contribution in [-0.4, -0.2) is 66.4 Å². The molecule has 0 aliphatic carbocycles. The molecule has 3 aromatic rings. The minimum Gasteiger partial charge on any atom is -0.490 e. The van der Waals surface area contributed by atoms with E-state index in [1.54, 1.807) is 30.3 Å². The second-order valence-electron chi connectivity index (χ2n) is 8.64. The van der Waals surface area contributed by atoms with Crippen LogP contribution >= 0.6 is 11.6 Å². The first-order valence-electron chi connectivity index (χ1n) is 12.1. The zero-order valence-corrected chi connectivity index (χ0v) is 21.7. The number of amides is 2. The second-order valence-corrected chi connectivity index (χ2v) is 9.04. The van der Waals surface area contributed by atoms with Gasteiger partial charge in [0.25, 0.3) is 0 Å². The first-order valence-corrected chi connectivity index (χ1v) is 12.5. The Bertz CT molecular complexity index is 1260. The van der Waals surface area contributed by atoms with Gasteiger partial charge in [-0.15, -0.1) is 0 Å². The third kappa shape index (κ3) is 7.82. The molecule has 1 fully saturated rings. The number of aromatic carboxylic acids is 1. The summed E-state index contributed by atoms with van der Waals surface area (Å²) < 4.78 is 17.0. The van der Waals surface area contributed by atoms with E-state index in [4.69, 9.17) is 30.9 Å². The van der Waals surface area contributed by atoms with Gasteiger partial charge in [-0.25, -0.2) is 14.6 Å². The lowest BCUT2D eigenvalue weighted by molar-refractivity contribution is 0.0323. The molecule has 0 bridgehead atoms. The average molecular weight is 541 g/mol. The molecule has 1 aromatic heterocycles. The molecule has 1 saturated heterocycles. The van der Waals surface area contributed by atoms with Gasteiger partial charge in [0.1, 0.15) is 23.9 Å². The number of pyridine rings is 1. The van der Waals surface area contributed by atoms with Crippen LogP contribution < -0.4 is 20.1 Å². The van der Waals surface area contributed by atoms with Crippen LogP contribution in [0, 0.1) is 6.92 Å². The van der Waals surface area contributed by atoms with Gasteiger partial charge >= 0.3 is 12.0 Å². The SMILES string of the molecule is Cc1cc(NC(=O)NCc2ccc(Oc3ccnc(C(=O)O)c3)cc2)c(OCCN2CCOCC2)cc1Cl. The maximum Gasteiger partial charge on any atom is 0.354 e. The van der Waals surface area contributed by atoms with Crippen molar-refractivity contribution in [1.82, 2.24) is 15.2 Å². The molecule has 200 valence electrons. The Balaban J connectivity index is 1.29. The Hall–Kier alpha value is -3.86. The van der Waals surface area contributed by atoms with Gasteiger partial charge in [-0.05, 0) is 42.3 Å². The molecule has 1 aliphatic heterocycles. The fourth-order valence-electron chi connectivity index (χ4n) is 3.74. The van der Waals surface area contributed by atoms with Crippen molar-refractivity contribution in [1.29, 1.82) is 0 Å². The number of carboxylic acids is 1. The molecule has 2 aromatic carbocycles. The Morgan fingerprint density at radius 1 is 1.11 bits per heavy atom. The van der Waals surface area contributed by atoms with Gasteiger partial charge in [-0.3, -0.25) is 4.90 Å². The van der Waals surface area contributed by atoms with Gasteiger partial charge in [0.2, 0.25) is 0 Å². The van der Waals surface area contributed by atoms with Gasteiger partial charge in [-0.2, -0.15) is 0 Å². The van der Waals surface area contributed by atoms with Crippen LogP contribution in [0.5, 0.6) is 17.2 Å². The van der Waals surface area contributed by atoms with Crippen molar-refractivity contribution in [3.05, 3.63) is 76.6 Å². The number of ether oxygens (including phenoxy) is 3. The fraction of sp³-hybridized carbons (Fsp3) is 0.296. The number of aryl methyl sites for hydroxylation is 1. The number of hydrogen-bond acceptors (Lipinski definition) is 7. The second kappa shape index (κ2) is 13.1. The predicted octanol–water partition coefficient (Wildman–Crippen LogP) is 4.57. The number of nitrogens with one attached hydrogen (secondary N) is 2. The first-order chi connectivity index (χ1) is 18.4. The van der Waals surface area contributed by atoms with Crippen molar-refractivity contribution >= 4 is 29.3 Å². The summed E-state index contributed by atoms with van der Waals surface area (Å²) in [5.41, 5.74) is 2.11. The minimum absolute atomic E-state index is 0.101. The van der Waals surface area contributed by atoms with Gasteiger partial charge in [-0.1, -0.05) is 23.7 Å². The number of carboxylic acid groups (broad SMARTS) is 1. The van der Waals surface area contributed by atoms with Gasteiger partial charge < -0.3 is 30.0 Å². The Labute approximate surface area is 225 Å². The number of carbonyl (C=O) groups is 2. The molecule has 2 heterocycles. The van der Waals surface area contributed by atoms with E-state index in [9.17, 15) is 9.59 Å². The van der Waals surface area contributed by atoms with Crippen LogP contribution in [0.1, 0.15) is 21.6 Å². The van der Waals surface area contributed by atoms with Crippen molar-refractivity contribution < 1.29 is 28.9 Å². The molecule has 0 unspecified atom stereocenters. The molecule has 0 radical (unpaired) electrons. The minimum atomic E-state index is -1.13. The number of rotatable bonds is 10. The highest BCUT2D eigenvalue weighted by atomic mass is 35.5. The van der Waals surface area contributed by atoms with Crippen LogP contribution in [0.2, 0.25) is 5.02 Å². The van der Waals surface area contributed by atoms with E-state index < -0.39 is 5.97 Å². The third-order valence-corrected chi connectivity index (χ3v) is 6.25. The summed E-state index contributed by atoms with van der Waals surface area (Å²) >= 11 is 6.30. The maximum absolute atomic E-state index is 12.6. The molecule has 11 heteroatoms. The number of benzene rings is 2. The summed E-state index contributed by atoms with van der Waals surface area (Å²) in [6.45, 7) is 6.53. The number of aromatic nitrogens is 1. The number of halogens is 1. The van der Waals surface area contributed by atoms with Crippen LogP contribution in [0.15, 0.2) is 54.7 Å². The molecule has 0 spiro atoms. The van der Waals surface area contributed by atoms with Crippen molar-refractivity contribution in [3.63, 3.8) is 0 Å². The first kappa shape index (κ1) is 27.2. The van der Waals surface area contributed by atoms with Crippen LogP contribution in [0.3, 0.4) is 0 Å². The largest absolute Gasteiger partial charge is 0.490 e. The topological polar surface area (TPSA) is 122 Å². The van der Waals surface area contributed by atoms with E-state index in [-0.39, 0.29) is 18.3 Å². The summed E-state index contributed by atoms with van der Waals surface area (Å²) in [7, 11) is 0. The summed E-state index contributed by atoms with van der Waals surface area (Å²) in [5.74, 6) is 0.267. The van der Waals surface area contributed by atoms with E-state index >= 15 is 0 Å². The van der Waals surface area contributed by atoms with Crippen molar-refractivity contribution in [2.75, 3.05) is 44.8 Å². The molecule has 1 aliphatic rings. The molecule has 0 saturated carbocycles. The van der Waals surface area contributed by atoms with E-state index in [0.29, 0.717) is 34.6 Å². The van der Waals surface area contributed by atoms with Crippen LogP contribution in [0.4, 0.5) is 10.5 Å². The quantitative estimate of drug-likeness (QED) is 0.342. The monoisotopic (exact) mass is 540 g/mol. The lowest BCUT2D eigenvalue weighted by atomic mass is 10.2. The summed E-state index contributed by atoms with van der Waals surface area (Å²) in [6, 6.07) is 13.1. The van der Waals surface area contributed by atoms with E-state index in [1.807, 2.05) is 19.1 Å². The number of nitrogens with zero attached hydrogens (tertiary/aromatic N) is 2. The predicted molar refractivity (Wildman–Crippen MR) is 143 cm³/mol. The summed E-state index contributed by atoms with van der Waals surface area (Å²) in [4.78, 5) is 29.7. The highest BCUT2D eigenvalue weighted by molar-refractivity contribution is 6.31. The Morgan fingerprint density at radius 2 is 1.87 bits per heavy atom. The fourth-order valence-corrected chi connectivity index (χ4v) is 3.90. The van der Waals surface area contributed by atoms with Gasteiger partial charge in [0, 0.05) is 49.5 Å². The molecular formula is C27H29ClN4O6. The standard InChI is InChI=1S/C27H29ClN4O6/c1-18-14-23(25(16-22(18)28)37-13-10-32-8-11-36-12-9-32)31-27(35)30-17-19-2-4-20(5-3-19)38-21-6-7-29-24(15-21)26(33)34/h2-7,14-16H,8-13,17H2,1H3,(H,33,34)(H2,30,31,35). The van der Waals surface area contributed by atoms with Crippen molar-refractivity contribution in [2.45, 2.75) is 13.5 Å². The van der Waals surface area contributed by atoms with Crippen molar-refractivity contribution in [2.24, 2.45) is 0 Å². The zero-order chi connectivity index (χ0) is 26.9. The summed E-state index contributed by atoms with van der Waals surface area (Å²) in [5, 5.41) is 15.3. The lowest BCUT2D eigenvalue weighted by Gasteiger charge is -2.26. The molecule has 4 rings (SSSR count). The molecule has 2 amide bonds. The Morgan fingerprint density at radius 3 is 2.61 bits per heavy atom. The average Bonchev–Trinajstić information content (AvgIpc) is 2.92. The van der Waals surface area contributed by atoms with Crippen LogP contribution in [-0.2, 0) is 11.3 Å². The Kier molecular flexibility index (Phi) is 9.36. The zero-order valence-electron chi connectivity index (χ0n) is 20.9. The van der Waals surface area contributed by atoms with E-state index in [0.717, 1.165) is 44.0 Å². The highest BCUT2D eigenvalue weighted by Crippen LogP contribution is 2.31. The smallest absolute Gasteiger partial charge is 0.354 e. The molecule has 10 nitrogen and oxygen atoms in total. The number of urea groups is 1. The molecule has 38 heavy (non-hydrogen) atoms. The molecular weight excluding hydrogens is 512 g/mol. The van der Waals surface area contributed by atoms with E-state index in [2.05, 4.69) is 20.5 Å². The maximum atomic E-state index is 12.6. The lowest BCUT2D eigenvalue weighted by Crippen LogP contribution is -2.38. The normalized spacial score (nSPS) is 13.5. The van der Waals surface area contributed by atoms with Gasteiger partial charge in [0.15, 0.2) is 5.69 Å². The van der Waals surface area contributed by atoms with Crippen molar-refractivity contribution in [3.8, 4) is 17.2 Å². The molecule has 3 N–H and O–H groups in total. The number of hydrogen-bond donors (Lipinski definition) is 3. The highest BCUT2D eigenvalue weighted by Gasteiger charge is 2.14. The summed E-state index contributed by atoms with van der Waals surface area (Å²) in [6.07, 6.45) is 1.37. The van der Waals surface area contributed by atoms with Gasteiger partial charge in [0.05, 0.1) is 18.9 Å². The number of anilines is 1.